The first-order valence-corrected chi connectivity index (χ1v) is 10.6. The molecule has 0 aliphatic heterocycles. The molecule has 0 amide bonds. The summed E-state index contributed by atoms with van der Waals surface area (Å²) in [5.74, 6) is 0.771. The molecular weight excluding hydrogens is 388 g/mol. The van der Waals surface area contributed by atoms with Crippen LogP contribution in [0.25, 0.3) is 0 Å². The summed E-state index contributed by atoms with van der Waals surface area (Å²) in [6.07, 6.45) is 6.37. The van der Waals surface area contributed by atoms with Gasteiger partial charge in [0.05, 0.1) is 6.54 Å². The van der Waals surface area contributed by atoms with E-state index in [2.05, 4.69) is 61.9 Å². The number of carbonyl (C=O) groups is 1. The van der Waals surface area contributed by atoms with Crippen molar-refractivity contribution in [3.05, 3.63) is 75.5 Å². The average Bonchev–Trinajstić information content (AvgIpc) is 3.28. The second-order valence-corrected chi connectivity index (χ2v) is 8.22. The molecule has 28 heavy (non-hydrogen) atoms. The van der Waals surface area contributed by atoms with Crippen LogP contribution in [0.1, 0.15) is 64.8 Å². The van der Waals surface area contributed by atoms with Gasteiger partial charge in [-0.05, 0) is 55.7 Å². The summed E-state index contributed by atoms with van der Waals surface area (Å²) in [6.45, 7) is 9.80. The van der Waals surface area contributed by atoms with Crippen LogP contribution in [0.15, 0.2) is 48.1 Å². The molecule has 0 radical (unpaired) electrons. The van der Waals surface area contributed by atoms with Gasteiger partial charge in [-0.3, -0.25) is 4.79 Å². The smallest absolute Gasteiger partial charge is 0.229 e. The van der Waals surface area contributed by atoms with Gasteiger partial charge in [-0.25, -0.2) is 0 Å². The van der Waals surface area contributed by atoms with E-state index in [0.29, 0.717) is 12.5 Å². The number of aromatic nitrogens is 2. The summed E-state index contributed by atoms with van der Waals surface area (Å²) in [4.78, 5) is 14.2. The van der Waals surface area contributed by atoms with E-state index in [1.54, 1.807) is 11.3 Å². The van der Waals surface area contributed by atoms with Crippen molar-refractivity contribution in [1.82, 2.24) is 4.57 Å². The number of Topliss-reactive ketones (excluding diaryl/α,β-unsaturated/α-hetero) is 1. The highest BCUT2D eigenvalue weighted by Crippen LogP contribution is 2.22. The molecule has 3 nitrogen and oxygen atoms in total. The third kappa shape index (κ3) is 4.92. The van der Waals surface area contributed by atoms with Crippen LogP contribution in [0, 0.1) is 13.8 Å². The van der Waals surface area contributed by atoms with Crippen LogP contribution in [0.2, 0.25) is 0 Å². The molecule has 3 heterocycles. The zero-order chi connectivity index (χ0) is 19.4. The highest BCUT2D eigenvalue weighted by atomic mass is 35.5. The Morgan fingerprint density at radius 2 is 1.82 bits per heavy atom. The molecule has 0 saturated heterocycles. The van der Waals surface area contributed by atoms with E-state index in [4.69, 9.17) is 0 Å². The van der Waals surface area contributed by atoms with E-state index < -0.39 is 0 Å². The van der Waals surface area contributed by atoms with Gasteiger partial charge in [-0.1, -0.05) is 19.9 Å². The van der Waals surface area contributed by atoms with E-state index in [1.807, 2.05) is 23.0 Å². The molecule has 3 aromatic rings. The Hall–Kier alpha value is -1.91. The van der Waals surface area contributed by atoms with Crippen molar-refractivity contribution in [3.63, 3.8) is 0 Å². The van der Waals surface area contributed by atoms with Crippen LogP contribution in [0.5, 0.6) is 0 Å². The van der Waals surface area contributed by atoms with Gasteiger partial charge in [0.25, 0.3) is 0 Å². The molecule has 5 heteroatoms. The Morgan fingerprint density at radius 3 is 2.39 bits per heavy atom. The zero-order valence-corrected chi connectivity index (χ0v) is 18.7. The first-order chi connectivity index (χ1) is 13.0. The Bertz CT molecular complexity index is 894. The van der Waals surface area contributed by atoms with E-state index in [1.165, 1.54) is 10.4 Å². The van der Waals surface area contributed by atoms with E-state index in [0.717, 1.165) is 36.3 Å². The predicted octanol–water partition coefficient (Wildman–Crippen LogP) is 2.29. The first kappa shape index (κ1) is 22.4. The number of ketones is 1. The maximum absolute atomic E-state index is 12.9. The van der Waals surface area contributed by atoms with E-state index in [9.17, 15) is 4.79 Å². The Kier molecular flexibility index (Phi) is 8.02. The molecular formula is C23H29ClN2OS. The highest BCUT2D eigenvalue weighted by molar-refractivity contribution is 7.09. The summed E-state index contributed by atoms with van der Waals surface area (Å²) < 4.78 is 4.22. The largest absolute Gasteiger partial charge is 1.00 e. The molecule has 0 bridgehead atoms. The van der Waals surface area contributed by atoms with Gasteiger partial charge < -0.3 is 17.0 Å². The van der Waals surface area contributed by atoms with Gasteiger partial charge in [0.15, 0.2) is 12.4 Å². The molecule has 0 unspecified atom stereocenters. The van der Waals surface area contributed by atoms with Crippen molar-refractivity contribution >= 4 is 17.1 Å². The predicted molar refractivity (Wildman–Crippen MR) is 112 cm³/mol. The maximum atomic E-state index is 12.9. The van der Waals surface area contributed by atoms with Crippen molar-refractivity contribution in [3.8, 4) is 0 Å². The molecule has 3 rings (SSSR count). The number of rotatable bonds is 8. The fourth-order valence-corrected chi connectivity index (χ4v) is 4.44. The summed E-state index contributed by atoms with van der Waals surface area (Å²) in [7, 11) is 0. The van der Waals surface area contributed by atoms with Crippen molar-refractivity contribution in [2.24, 2.45) is 0 Å². The number of hydrogen-bond acceptors (Lipinski definition) is 2. The summed E-state index contributed by atoms with van der Waals surface area (Å²) in [5.41, 5.74) is 4.39. The molecule has 0 spiro atoms. The van der Waals surface area contributed by atoms with Gasteiger partial charge in [-0.15, -0.1) is 11.3 Å². The van der Waals surface area contributed by atoms with Gasteiger partial charge >= 0.3 is 0 Å². The quantitative estimate of drug-likeness (QED) is 0.408. The summed E-state index contributed by atoms with van der Waals surface area (Å²) >= 11 is 1.75. The number of carbonyl (C=O) groups excluding carboxylic acids is 1. The number of hydrogen-bond donors (Lipinski definition) is 0. The van der Waals surface area contributed by atoms with Crippen LogP contribution < -0.4 is 17.0 Å². The molecule has 0 N–H and O–H groups in total. The molecule has 0 aromatic carbocycles. The molecule has 0 saturated carbocycles. The minimum Gasteiger partial charge on any atom is -1.00 e. The van der Waals surface area contributed by atoms with Crippen LogP contribution in [-0.4, -0.2) is 10.4 Å². The summed E-state index contributed by atoms with van der Waals surface area (Å²) in [6, 6.07) is 10.6. The fourth-order valence-electron chi connectivity index (χ4n) is 3.74. The maximum Gasteiger partial charge on any atom is 0.229 e. The number of nitrogens with zero attached hydrogens (tertiary/aromatic N) is 2. The highest BCUT2D eigenvalue weighted by Gasteiger charge is 2.19. The van der Waals surface area contributed by atoms with E-state index in [-0.39, 0.29) is 18.2 Å². The van der Waals surface area contributed by atoms with Crippen molar-refractivity contribution in [2.75, 3.05) is 0 Å². The normalized spacial score (nSPS) is 10.9. The van der Waals surface area contributed by atoms with Crippen LogP contribution in [0.3, 0.4) is 0 Å². The third-order valence-corrected chi connectivity index (χ3v) is 6.33. The lowest BCUT2D eigenvalue weighted by Crippen LogP contribution is -3.00. The van der Waals surface area contributed by atoms with Gasteiger partial charge in [0.2, 0.25) is 12.3 Å². The standard InChI is InChI=1S/C23H29N2OS.ClH/c1-5-19(6-2)20-9-11-24(12-10-20)16-23(26)22-14-17(3)25(18(22)4)15-21-8-7-13-27-21;/h7-14,19H,5-6,15-16H2,1-4H3;1H/q+1;/p-1. The average molecular weight is 417 g/mol. The van der Waals surface area contributed by atoms with E-state index >= 15 is 0 Å². The second kappa shape index (κ2) is 10.0. The number of pyridine rings is 1. The third-order valence-electron chi connectivity index (χ3n) is 5.47. The minimum absolute atomic E-state index is 0. The topological polar surface area (TPSA) is 25.9 Å². The van der Waals surface area contributed by atoms with Crippen molar-refractivity contribution in [1.29, 1.82) is 0 Å². The molecule has 0 aliphatic rings. The number of thiophene rings is 1. The lowest BCUT2D eigenvalue weighted by molar-refractivity contribution is -0.683. The zero-order valence-electron chi connectivity index (χ0n) is 17.1. The van der Waals surface area contributed by atoms with Crippen LogP contribution >= 0.6 is 11.3 Å². The van der Waals surface area contributed by atoms with Crippen LogP contribution in [-0.2, 0) is 13.1 Å². The summed E-state index contributed by atoms with van der Waals surface area (Å²) in [5, 5.41) is 2.09. The van der Waals surface area contributed by atoms with Gasteiger partial charge in [0, 0.05) is 34.0 Å². The number of aryl methyl sites for hydroxylation is 1. The monoisotopic (exact) mass is 416 g/mol. The van der Waals surface area contributed by atoms with Crippen molar-refractivity contribution in [2.45, 2.75) is 59.5 Å². The van der Waals surface area contributed by atoms with Crippen molar-refractivity contribution < 1.29 is 21.8 Å². The molecule has 0 atom stereocenters. The molecule has 3 aromatic heterocycles. The Balaban J connectivity index is 0.00000280. The number of halogens is 1. The molecule has 150 valence electrons. The Labute approximate surface area is 178 Å². The second-order valence-electron chi connectivity index (χ2n) is 7.19. The fraction of sp³-hybridized carbons (Fsp3) is 0.391. The Morgan fingerprint density at radius 1 is 1.14 bits per heavy atom. The molecule has 0 aliphatic carbocycles. The first-order valence-electron chi connectivity index (χ1n) is 9.74. The molecule has 0 fully saturated rings. The van der Waals surface area contributed by atoms with Gasteiger partial charge in [0.1, 0.15) is 0 Å². The minimum atomic E-state index is 0. The SMILES string of the molecule is CCC(CC)c1cc[n+](CC(=O)c2cc(C)n(Cc3cccs3)c2C)cc1.[Cl-]. The van der Waals surface area contributed by atoms with Gasteiger partial charge in [-0.2, -0.15) is 4.57 Å². The van der Waals surface area contributed by atoms with Crippen LogP contribution in [0.4, 0.5) is 0 Å². The lowest BCUT2D eigenvalue weighted by atomic mass is 9.95. The lowest BCUT2D eigenvalue weighted by Gasteiger charge is -2.11.